The third-order valence-corrected chi connectivity index (χ3v) is 5.63. The van der Waals surface area contributed by atoms with Crippen LogP contribution in [0.15, 0.2) is 17.5 Å². The van der Waals surface area contributed by atoms with Gasteiger partial charge in [-0.15, -0.1) is 11.3 Å². The molecule has 1 aromatic rings. The van der Waals surface area contributed by atoms with Gasteiger partial charge in [-0.25, -0.2) is 0 Å². The second-order valence-corrected chi connectivity index (χ2v) is 7.36. The molecule has 124 valence electrons. The molecule has 1 aromatic heterocycles. The van der Waals surface area contributed by atoms with Gasteiger partial charge in [0.1, 0.15) is 0 Å². The monoisotopic (exact) mass is 325 g/mol. The fourth-order valence-corrected chi connectivity index (χ4v) is 4.12. The first-order valence-corrected chi connectivity index (χ1v) is 9.08. The average Bonchev–Trinajstić information content (AvgIpc) is 3.03. The minimum Gasteiger partial charge on any atom is -0.396 e. The first-order valence-electron chi connectivity index (χ1n) is 8.20. The first-order chi connectivity index (χ1) is 10.6. The van der Waals surface area contributed by atoms with Crippen molar-refractivity contribution >= 4 is 17.2 Å². The summed E-state index contributed by atoms with van der Waals surface area (Å²) in [4.78, 5) is 15.6. The van der Waals surface area contributed by atoms with E-state index in [0.29, 0.717) is 25.9 Å². The van der Waals surface area contributed by atoms with Crippen LogP contribution in [0.4, 0.5) is 0 Å². The number of carbonyl (C=O) groups excluding carboxylic acids is 1. The van der Waals surface area contributed by atoms with E-state index in [0.717, 1.165) is 25.7 Å². The van der Waals surface area contributed by atoms with Crippen LogP contribution in [0.1, 0.15) is 43.9 Å². The van der Waals surface area contributed by atoms with Crippen molar-refractivity contribution in [3.63, 3.8) is 0 Å². The van der Waals surface area contributed by atoms with Gasteiger partial charge in [0, 0.05) is 29.8 Å². The normalized spacial score (nSPS) is 25.4. The van der Waals surface area contributed by atoms with Gasteiger partial charge in [-0.2, -0.15) is 0 Å². The topological polar surface area (TPSA) is 60.8 Å². The van der Waals surface area contributed by atoms with Crippen LogP contribution in [0.2, 0.25) is 0 Å². The minimum atomic E-state index is -0.531. The largest absolute Gasteiger partial charge is 0.396 e. The molecule has 2 atom stereocenters. The standard InChI is InChI=1S/C17H27NO3S/c1-2-9-17(13-19)12-18(10-8-15(17)20)16(21)7-3-5-14-6-4-11-22-14/h4,6,11,15,19-20H,2-3,5,7-10,12-13H2,1H3/t15-,17-/m0/s1. The number of hydrogen-bond donors (Lipinski definition) is 2. The summed E-state index contributed by atoms with van der Waals surface area (Å²) in [6.45, 7) is 3.08. The van der Waals surface area contributed by atoms with Crippen molar-refractivity contribution in [1.29, 1.82) is 0 Å². The van der Waals surface area contributed by atoms with Gasteiger partial charge in [-0.1, -0.05) is 19.4 Å². The molecule has 1 saturated heterocycles. The lowest BCUT2D eigenvalue weighted by atomic mass is 9.74. The lowest BCUT2D eigenvalue weighted by molar-refractivity contribution is -0.142. The summed E-state index contributed by atoms with van der Waals surface area (Å²) >= 11 is 1.73. The maximum Gasteiger partial charge on any atom is 0.222 e. The number of aryl methyl sites for hydroxylation is 1. The third kappa shape index (κ3) is 4.09. The minimum absolute atomic E-state index is 0.0546. The Morgan fingerprint density at radius 3 is 3.00 bits per heavy atom. The molecule has 0 saturated carbocycles. The molecule has 0 radical (unpaired) electrons. The Kier molecular flexibility index (Phi) is 6.41. The highest BCUT2D eigenvalue weighted by Crippen LogP contribution is 2.35. The Morgan fingerprint density at radius 1 is 1.55 bits per heavy atom. The smallest absolute Gasteiger partial charge is 0.222 e. The number of rotatable bonds is 7. The molecule has 1 fully saturated rings. The van der Waals surface area contributed by atoms with Crippen LogP contribution in [-0.2, 0) is 11.2 Å². The molecule has 2 rings (SSSR count). The van der Waals surface area contributed by atoms with Crippen molar-refractivity contribution in [2.75, 3.05) is 19.7 Å². The molecular weight excluding hydrogens is 298 g/mol. The SMILES string of the molecule is CCC[C@@]1(CO)CN(C(=O)CCCc2cccs2)CC[C@@H]1O. The number of likely N-dealkylation sites (tertiary alicyclic amines) is 1. The van der Waals surface area contributed by atoms with Gasteiger partial charge < -0.3 is 15.1 Å². The number of aliphatic hydroxyl groups is 2. The molecule has 0 bridgehead atoms. The van der Waals surface area contributed by atoms with Crippen LogP contribution < -0.4 is 0 Å². The zero-order chi connectivity index (χ0) is 16.0. The second-order valence-electron chi connectivity index (χ2n) is 6.32. The lowest BCUT2D eigenvalue weighted by Gasteiger charge is -2.45. The van der Waals surface area contributed by atoms with Gasteiger partial charge in [0.25, 0.3) is 0 Å². The number of carbonyl (C=O) groups is 1. The lowest BCUT2D eigenvalue weighted by Crippen LogP contribution is -2.55. The van der Waals surface area contributed by atoms with Crippen molar-refractivity contribution in [2.45, 2.75) is 51.6 Å². The van der Waals surface area contributed by atoms with Crippen LogP contribution in [0.3, 0.4) is 0 Å². The van der Waals surface area contributed by atoms with E-state index >= 15 is 0 Å². The van der Waals surface area contributed by atoms with Crippen LogP contribution in [0.5, 0.6) is 0 Å². The number of nitrogens with zero attached hydrogens (tertiary/aromatic N) is 1. The molecule has 2 heterocycles. The number of thiophene rings is 1. The molecule has 0 unspecified atom stereocenters. The molecule has 0 aromatic carbocycles. The van der Waals surface area contributed by atoms with Gasteiger partial charge in [0.2, 0.25) is 5.91 Å². The molecule has 4 nitrogen and oxygen atoms in total. The Balaban J connectivity index is 1.86. The summed E-state index contributed by atoms with van der Waals surface area (Å²) in [6, 6.07) is 4.14. The Bertz CT molecular complexity index is 462. The first kappa shape index (κ1) is 17.4. The molecular formula is C17H27NO3S. The van der Waals surface area contributed by atoms with E-state index in [4.69, 9.17) is 0 Å². The van der Waals surface area contributed by atoms with Crippen molar-refractivity contribution < 1.29 is 15.0 Å². The predicted molar refractivity (Wildman–Crippen MR) is 88.9 cm³/mol. The van der Waals surface area contributed by atoms with E-state index in [2.05, 4.69) is 11.4 Å². The molecule has 2 N–H and O–H groups in total. The van der Waals surface area contributed by atoms with Crippen molar-refractivity contribution in [2.24, 2.45) is 5.41 Å². The molecule has 22 heavy (non-hydrogen) atoms. The quantitative estimate of drug-likeness (QED) is 0.809. The van der Waals surface area contributed by atoms with Gasteiger partial charge >= 0.3 is 0 Å². The number of piperidine rings is 1. The summed E-state index contributed by atoms with van der Waals surface area (Å²) in [6.07, 6.45) is 4.06. The predicted octanol–water partition coefficient (Wildman–Crippen LogP) is 2.44. The summed E-state index contributed by atoms with van der Waals surface area (Å²) in [5.74, 6) is 0.150. The van der Waals surface area contributed by atoms with E-state index in [1.807, 2.05) is 17.9 Å². The van der Waals surface area contributed by atoms with Gasteiger partial charge in [0.15, 0.2) is 0 Å². The summed E-state index contributed by atoms with van der Waals surface area (Å²) in [5.41, 5.74) is -0.531. The highest BCUT2D eigenvalue weighted by Gasteiger charge is 2.42. The summed E-state index contributed by atoms with van der Waals surface area (Å²) < 4.78 is 0. The van der Waals surface area contributed by atoms with Gasteiger partial charge in [-0.05, 0) is 37.1 Å². The Morgan fingerprint density at radius 2 is 2.36 bits per heavy atom. The van der Waals surface area contributed by atoms with Crippen LogP contribution >= 0.6 is 11.3 Å². The van der Waals surface area contributed by atoms with E-state index in [1.165, 1.54) is 4.88 Å². The van der Waals surface area contributed by atoms with Gasteiger partial charge in [-0.3, -0.25) is 4.79 Å². The zero-order valence-corrected chi connectivity index (χ0v) is 14.1. The van der Waals surface area contributed by atoms with Crippen molar-refractivity contribution in [3.05, 3.63) is 22.4 Å². The Hall–Kier alpha value is -0.910. The summed E-state index contributed by atoms with van der Waals surface area (Å²) in [5, 5.41) is 22.1. The fourth-order valence-electron chi connectivity index (χ4n) is 3.37. The van der Waals surface area contributed by atoms with Crippen LogP contribution in [0.25, 0.3) is 0 Å². The van der Waals surface area contributed by atoms with Crippen molar-refractivity contribution in [3.8, 4) is 0 Å². The number of hydrogen-bond acceptors (Lipinski definition) is 4. The molecule has 1 aliphatic heterocycles. The summed E-state index contributed by atoms with van der Waals surface area (Å²) in [7, 11) is 0. The number of aliphatic hydroxyl groups excluding tert-OH is 2. The maximum atomic E-state index is 12.4. The van der Waals surface area contributed by atoms with Crippen LogP contribution in [-0.4, -0.2) is 46.8 Å². The zero-order valence-electron chi connectivity index (χ0n) is 13.3. The molecule has 0 aliphatic carbocycles. The Labute approximate surface area is 136 Å². The van der Waals surface area contributed by atoms with Gasteiger partial charge in [0.05, 0.1) is 12.7 Å². The molecule has 5 heteroatoms. The second kappa shape index (κ2) is 8.09. The fraction of sp³-hybridized carbons (Fsp3) is 0.706. The van der Waals surface area contributed by atoms with E-state index in [1.54, 1.807) is 11.3 Å². The molecule has 1 aliphatic rings. The highest BCUT2D eigenvalue weighted by molar-refractivity contribution is 7.09. The molecule has 0 spiro atoms. The highest BCUT2D eigenvalue weighted by atomic mass is 32.1. The average molecular weight is 325 g/mol. The van der Waals surface area contributed by atoms with Crippen LogP contribution in [0, 0.1) is 5.41 Å². The van der Waals surface area contributed by atoms with Crippen molar-refractivity contribution in [1.82, 2.24) is 4.90 Å². The molecule has 1 amide bonds. The van der Waals surface area contributed by atoms with E-state index in [-0.39, 0.29) is 12.5 Å². The number of amides is 1. The maximum absolute atomic E-state index is 12.4. The third-order valence-electron chi connectivity index (χ3n) is 4.69. The van der Waals surface area contributed by atoms with E-state index < -0.39 is 11.5 Å². The van der Waals surface area contributed by atoms with E-state index in [9.17, 15) is 15.0 Å².